The molecule has 0 atom stereocenters. The van der Waals surface area contributed by atoms with Crippen LogP contribution in [0.1, 0.15) is 35.8 Å². The fraction of sp³-hybridized carbons (Fsp3) is 0.286. The Hall–Kier alpha value is -2.10. The number of hydrogen-bond donors (Lipinski definition) is 1. The fourth-order valence-corrected chi connectivity index (χ4v) is 2.00. The number of benzene rings is 1. The molecule has 0 radical (unpaired) electrons. The molecule has 2 rings (SSSR count). The van der Waals surface area contributed by atoms with Crippen molar-refractivity contribution in [3.8, 4) is 11.3 Å². The van der Waals surface area contributed by atoms with Gasteiger partial charge >= 0.3 is 5.97 Å². The number of carboxylic acid groups (broad SMARTS) is 1. The van der Waals surface area contributed by atoms with Crippen LogP contribution < -0.4 is 0 Å². The Kier molecular flexibility index (Phi) is 3.19. The first kappa shape index (κ1) is 12.4. The van der Waals surface area contributed by atoms with E-state index in [0.29, 0.717) is 11.1 Å². The van der Waals surface area contributed by atoms with Gasteiger partial charge in [-0.1, -0.05) is 11.6 Å². The number of carbonyl (C=O) groups is 1. The van der Waals surface area contributed by atoms with Crippen LogP contribution in [0.15, 0.2) is 30.5 Å². The molecular formula is C14H16N2O2. The highest BCUT2D eigenvalue weighted by Crippen LogP contribution is 2.26. The van der Waals surface area contributed by atoms with Crippen LogP contribution >= 0.6 is 0 Å². The van der Waals surface area contributed by atoms with Gasteiger partial charge in [-0.2, -0.15) is 5.10 Å². The summed E-state index contributed by atoms with van der Waals surface area (Å²) in [6, 6.07) is 7.38. The van der Waals surface area contributed by atoms with Crippen LogP contribution in [0.5, 0.6) is 0 Å². The Morgan fingerprint density at radius 2 is 2.06 bits per heavy atom. The summed E-state index contributed by atoms with van der Waals surface area (Å²) in [7, 11) is 0. The zero-order chi connectivity index (χ0) is 13.3. The van der Waals surface area contributed by atoms with Crippen molar-refractivity contribution in [1.29, 1.82) is 0 Å². The number of nitrogens with zero attached hydrogens (tertiary/aromatic N) is 2. The number of aromatic carboxylic acids is 1. The van der Waals surface area contributed by atoms with Crippen LogP contribution in [-0.2, 0) is 0 Å². The van der Waals surface area contributed by atoms with Gasteiger partial charge in [-0.3, -0.25) is 4.68 Å². The molecule has 1 aromatic carbocycles. The number of hydrogen-bond acceptors (Lipinski definition) is 2. The van der Waals surface area contributed by atoms with Crippen LogP contribution in [0.4, 0.5) is 0 Å². The lowest BCUT2D eigenvalue weighted by molar-refractivity contribution is 0.0697. The topological polar surface area (TPSA) is 55.1 Å². The van der Waals surface area contributed by atoms with Gasteiger partial charge in [0.25, 0.3) is 0 Å². The molecule has 0 unspecified atom stereocenters. The van der Waals surface area contributed by atoms with Gasteiger partial charge in [-0.25, -0.2) is 4.79 Å². The third-order valence-corrected chi connectivity index (χ3v) is 2.84. The van der Waals surface area contributed by atoms with E-state index in [1.807, 2.05) is 43.7 Å². The van der Waals surface area contributed by atoms with Crippen molar-refractivity contribution in [3.05, 3.63) is 41.6 Å². The van der Waals surface area contributed by atoms with E-state index in [-0.39, 0.29) is 6.04 Å². The minimum atomic E-state index is -0.915. The summed E-state index contributed by atoms with van der Waals surface area (Å²) in [6.07, 6.45) is 1.70. The summed E-state index contributed by atoms with van der Waals surface area (Å²) < 4.78 is 1.83. The number of carboxylic acids is 1. The zero-order valence-electron chi connectivity index (χ0n) is 10.7. The molecule has 0 amide bonds. The normalized spacial score (nSPS) is 10.9. The van der Waals surface area contributed by atoms with E-state index < -0.39 is 5.97 Å². The minimum Gasteiger partial charge on any atom is -0.478 e. The molecule has 4 heteroatoms. The molecule has 1 N–H and O–H groups in total. The number of rotatable bonds is 3. The molecule has 18 heavy (non-hydrogen) atoms. The van der Waals surface area contributed by atoms with Crippen molar-refractivity contribution in [1.82, 2.24) is 9.78 Å². The molecule has 0 saturated carbocycles. The van der Waals surface area contributed by atoms with Gasteiger partial charge in [-0.15, -0.1) is 0 Å². The highest BCUT2D eigenvalue weighted by molar-refractivity contribution is 5.95. The van der Waals surface area contributed by atoms with E-state index in [1.165, 1.54) is 0 Å². The highest BCUT2D eigenvalue weighted by atomic mass is 16.4. The molecule has 0 spiro atoms. The van der Waals surface area contributed by atoms with Crippen molar-refractivity contribution in [2.75, 3.05) is 0 Å². The largest absolute Gasteiger partial charge is 0.478 e. The quantitative estimate of drug-likeness (QED) is 0.902. The Morgan fingerprint density at radius 1 is 1.33 bits per heavy atom. The summed E-state index contributed by atoms with van der Waals surface area (Å²) in [4.78, 5) is 11.3. The average molecular weight is 244 g/mol. The highest BCUT2D eigenvalue weighted by Gasteiger charge is 2.16. The first-order valence-corrected chi connectivity index (χ1v) is 5.88. The second-order valence-corrected chi connectivity index (χ2v) is 4.61. The van der Waals surface area contributed by atoms with E-state index >= 15 is 0 Å². The van der Waals surface area contributed by atoms with Crippen molar-refractivity contribution in [3.63, 3.8) is 0 Å². The Bertz CT molecular complexity index is 585. The second kappa shape index (κ2) is 4.64. The fourth-order valence-electron chi connectivity index (χ4n) is 2.00. The van der Waals surface area contributed by atoms with Gasteiger partial charge in [0.1, 0.15) is 0 Å². The maximum Gasteiger partial charge on any atom is 0.336 e. The second-order valence-electron chi connectivity index (χ2n) is 4.61. The standard InChI is InChI=1S/C14H16N2O2/c1-9(2)16-13(6-7-15-16)12-8-10(3)4-5-11(12)14(17)18/h4-9H,1-3H3,(H,17,18). The third-order valence-electron chi connectivity index (χ3n) is 2.84. The SMILES string of the molecule is Cc1ccc(C(=O)O)c(-c2ccnn2C(C)C)c1. The van der Waals surface area contributed by atoms with Crippen LogP contribution in [0.2, 0.25) is 0 Å². The Morgan fingerprint density at radius 3 is 2.67 bits per heavy atom. The summed E-state index contributed by atoms with van der Waals surface area (Å²) in [6.45, 7) is 5.99. The van der Waals surface area contributed by atoms with Crippen molar-refractivity contribution < 1.29 is 9.90 Å². The lowest BCUT2D eigenvalue weighted by Gasteiger charge is -2.13. The summed E-state index contributed by atoms with van der Waals surface area (Å²) >= 11 is 0. The van der Waals surface area contributed by atoms with Gasteiger partial charge in [0.05, 0.1) is 11.3 Å². The van der Waals surface area contributed by atoms with E-state index in [0.717, 1.165) is 11.3 Å². The molecule has 0 aliphatic rings. The molecule has 1 heterocycles. The van der Waals surface area contributed by atoms with Crippen molar-refractivity contribution in [2.24, 2.45) is 0 Å². The van der Waals surface area contributed by atoms with E-state index in [2.05, 4.69) is 5.10 Å². The molecule has 0 fully saturated rings. The smallest absolute Gasteiger partial charge is 0.336 e. The minimum absolute atomic E-state index is 0.192. The maximum atomic E-state index is 11.3. The summed E-state index contributed by atoms with van der Waals surface area (Å²) in [5.41, 5.74) is 2.90. The van der Waals surface area contributed by atoms with E-state index in [4.69, 9.17) is 0 Å². The molecule has 0 aliphatic heterocycles. The molecular weight excluding hydrogens is 228 g/mol. The van der Waals surface area contributed by atoms with Gasteiger partial charge < -0.3 is 5.11 Å². The number of aromatic nitrogens is 2. The zero-order valence-corrected chi connectivity index (χ0v) is 10.7. The van der Waals surface area contributed by atoms with Gasteiger partial charge in [0, 0.05) is 17.8 Å². The molecule has 4 nitrogen and oxygen atoms in total. The average Bonchev–Trinajstić information content (AvgIpc) is 2.77. The molecule has 2 aromatic rings. The predicted molar refractivity (Wildman–Crippen MR) is 69.7 cm³/mol. The van der Waals surface area contributed by atoms with Crippen LogP contribution in [0, 0.1) is 6.92 Å². The lowest BCUT2D eigenvalue weighted by atomic mass is 10.0. The third kappa shape index (κ3) is 2.14. The number of aryl methyl sites for hydroxylation is 1. The van der Waals surface area contributed by atoms with Gasteiger partial charge in [-0.05, 0) is 39.0 Å². The van der Waals surface area contributed by atoms with Crippen molar-refractivity contribution in [2.45, 2.75) is 26.8 Å². The molecule has 1 aromatic heterocycles. The monoisotopic (exact) mass is 244 g/mol. The van der Waals surface area contributed by atoms with Gasteiger partial charge in [0.2, 0.25) is 0 Å². The van der Waals surface area contributed by atoms with Crippen LogP contribution in [0.3, 0.4) is 0 Å². The van der Waals surface area contributed by atoms with Crippen LogP contribution in [-0.4, -0.2) is 20.9 Å². The van der Waals surface area contributed by atoms with Crippen molar-refractivity contribution >= 4 is 5.97 Å². The Labute approximate surface area is 106 Å². The molecule has 0 saturated heterocycles. The maximum absolute atomic E-state index is 11.3. The van der Waals surface area contributed by atoms with E-state index in [9.17, 15) is 9.90 Å². The van der Waals surface area contributed by atoms with Gasteiger partial charge in [0.15, 0.2) is 0 Å². The molecule has 0 bridgehead atoms. The molecule has 94 valence electrons. The first-order valence-electron chi connectivity index (χ1n) is 5.88. The lowest BCUT2D eigenvalue weighted by Crippen LogP contribution is -2.07. The molecule has 0 aliphatic carbocycles. The Balaban J connectivity index is 2.66. The summed E-state index contributed by atoms with van der Waals surface area (Å²) in [5, 5.41) is 13.5. The first-order chi connectivity index (χ1) is 8.50. The predicted octanol–water partition coefficient (Wildman–Crippen LogP) is 3.14. The van der Waals surface area contributed by atoms with E-state index in [1.54, 1.807) is 12.3 Å². The van der Waals surface area contributed by atoms with Crippen LogP contribution in [0.25, 0.3) is 11.3 Å². The summed E-state index contributed by atoms with van der Waals surface area (Å²) in [5.74, 6) is -0.915.